The van der Waals surface area contributed by atoms with Crippen LogP contribution in [0.15, 0.2) is 0 Å². The maximum Gasteiger partial charge on any atom is 0.215 e. The lowest BCUT2D eigenvalue weighted by Gasteiger charge is -2.03. The fraction of sp³-hybridized carbons (Fsp3) is 1.00. The van der Waals surface area contributed by atoms with Gasteiger partial charge in [-0.25, -0.2) is 12.7 Å². The number of hydrogen-bond acceptors (Lipinski definition) is 3. The first-order chi connectivity index (χ1) is 4.02. The molecule has 1 saturated heterocycles. The monoisotopic (exact) mass is 150 g/mol. The summed E-state index contributed by atoms with van der Waals surface area (Å²) in [7, 11) is -1.42. The van der Waals surface area contributed by atoms with Gasteiger partial charge in [-0.1, -0.05) is 0 Å². The van der Waals surface area contributed by atoms with E-state index in [2.05, 4.69) is 0 Å². The molecule has 4 nitrogen and oxygen atoms in total. The van der Waals surface area contributed by atoms with E-state index < -0.39 is 10.0 Å². The van der Waals surface area contributed by atoms with E-state index in [0.717, 1.165) is 0 Å². The first-order valence-corrected chi connectivity index (χ1v) is 4.33. The van der Waals surface area contributed by atoms with Crippen LogP contribution < -0.4 is 5.73 Å². The van der Waals surface area contributed by atoms with E-state index in [1.807, 2.05) is 0 Å². The molecule has 0 amide bonds. The third-order valence-electron chi connectivity index (χ3n) is 1.39. The second-order valence-corrected chi connectivity index (χ2v) is 4.44. The Morgan fingerprint density at radius 3 is 2.33 bits per heavy atom. The molecule has 1 atom stereocenters. The van der Waals surface area contributed by atoms with Gasteiger partial charge in [0, 0.05) is 19.6 Å². The van der Waals surface area contributed by atoms with Crippen molar-refractivity contribution in [3.8, 4) is 0 Å². The standard InChI is InChI=1S/C4H10N2O2S/c1-6-2-4(5)3-9(6,7)8/h4H,2-3,5H2,1H3. The quantitative estimate of drug-likeness (QED) is 0.461. The van der Waals surface area contributed by atoms with Gasteiger partial charge in [0.15, 0.2) is 0 Å². The van der Waals surface area contributed by atoms with Gasteiger partial charge in [-0.05, 0) is 0 Å². The molecule has 1 heterocycles. The zero-order valence-corrected chi connectivity index (χ0v) is 6.06. The van der Waals surface area contributed by atoms with Gasteiger partial charge >= 0.3 is 0 Å². The second-order valence-electron chi connectivity index (χ2n) is 2.32. The number of nitrogens with two attached hydrogens (primary N) is 1. The molecule has 1 rings (SSSR count). The van der Waals surface area contributed by atoms with E-state index in [1.54, 1.807) is 7.05 Å². The Morgan fingerprint density at radius 2 is 2.22 bits per heavy atom. The van der Waals surface area contributed by atoms with E-state index in [1.165, 1.54) is 4.31 Å². The molecule has 1 aliphatic heterocycles. The molecule has 0 saturated carbocycles. The van der Waals surface area contributed by atoms with Crippen LogP contribution in [-0.2, 0) is 10.0 Å². The third kappa shape index (κ3) is 1.23. The van der Waals surface area contributed by atoms with Crippen molar-refractivity contribution < 1.29 is 8.42 Å². The van der Waals surface area contributed by atoms with Crippen LogP contribution in [0.1, 0.15) is 0 Å². The van der Waals surface area contributed by atoms with Crippen LogP contribution in [0.4, 0.5) is 0 Å². The van der Waals surface area contributed by atoms with E-state index in [-0.39, 0.29) is 11.8 Å². The molecule has 0 radical (unpaired) electrons. The smallest absolute Gasteiger partial charge is 0.215 e. The van der Waals surface area contributed by atoms with Crippen molar-refractivity contribution in [3.05, 3.63) is 0 Å². The molecular formula is C4H10N2O2S. The van der Waals surface area contributed by atoms with Crippen LogP contribution in [0.5, 0.6) is 0 Å². The molecule has 0 aromatic heterocycles. The normalized spacial score (nSPS) is 35.1. The number of nitrogens with zero attached hydrogens (tertiary/aromatic N) is 1. The molecule has 0 bridgehead atoms. The number of hydrogen-bond donors (Lipinski definition) is 1. The van der Waals surface area contributed by atoms with Crippen LogP contribution in [0.25, 0.3) is 0 Å². The summed E-state index contributed by atoms with van der Waals surface area (Å²) in [6.45, 7) is 0.461. The Kier molecular flexibility index (Phi) is 1.50. The molecular weight excluding hydrogens is 140 g/mol. The summed E-state index contributed by atoms with van der Waals surface area (Å²) in [6, 6.07) is -0.194. The van der Waals surface area contributed by atoms with Gasteiger partial charge in [-0.3, -0.25) is 0 Å². The summed E-state index contributed by atoms with van der Waals surface area (Å²) in [6.07, 6.45) is 0. The summed E-state index contributed by atoms with van der Waals surface area (Å²) in [5.41, 5.74) is 5.38. The summed E-state index contributed by atoms with van der Waals surface area (Å²) < 4.78 is 22.9. The van der Waals surface area contributed by atoms with Crippen molar-refractivity contribution in [2.24, 2.45) is 5.73 Å². The van der Waals surface area contributed by atoms with Gasteiger partial charge < -0.3 is 5.73 Å². The molecule has 1 unspecified atom stereocenters. The minimum absolute atomic E-state index is 0.101. The zero-order valence-electron chi connectivity index (χ0n) is 5.24. The fourth-order valence-electron chi connectivity index (χ4n) is 0.894. The highest BCUT2D eigenvalue weighted by Gasteiger charge is 2.30. The summed E-state index contributed by atoms with van der Waals surface area (Å²) in [5, 5.41) is 0. The van der Waals surface area contributed by atoms with Crippen LogP contribution in [0.3, 0.4) is 0 Å². The number of sulfonamides is 1. The van der Waals surface area contributed by atoms with Gasteiger partial charge in [0.2, 0.25) is 10.0 Å². The second kappa shape index (κ2) is 1.93. The molecule has 0 aromatic rings. The van der Waals surface area contributed by atoms with E-state index in [9.17, 15) is 8.42 Å². The average molecular weight is 150 g/mol. The highest BCUT2D eigenvalue weighted by Crippen LogP contribution is 2.08. The molecule has 5 heteroatoms. The highest BCUT2D eigenvalue weighted by atomic mass is 32.2. The summed E-state index contributed by atoms with van der Waals surface area (Å²) >= 11 is 0. The lowest BCUT2D eigenvalue weighted by Crippen LogP contribution is -2.25. The molecule has 1 aliphatic rings. The first kappa shape index (κ1) is 6.98. The summed E-state index contributed by atoms with van der Waals surface area (Å²) in [5.74, 6) is 0.101. The van der Waals surface area contributed by atoms with Crippen LogP contribution in [0, 0.1) is 0 Å². The van der Waals surface area contributed by atoms with Crippen molar-refractivity contribution in [1.82, 2.24) is 4.31 Å². The molecule has 0 spiro atoms. The highest BCUT2D eigenvalue weighted by molar-refractivity contribution is 7.89. The van der Waals surface area contributed by atoms with Gasteiger partial charge in [0.25, 0.3) is 0 Å². The predicted octanol–water partition coefficient (Wildman–Crippen LogP) is -1.41. The largest absolute Gasteiger partial charge is 0.326 e. The van der Waals surface area contributed by atoms with Crippen molar-refractivity contribution >= 4 is 10.0 Å². The van der Waals surface area contributed by atoms with Crippen molar-refractivity contribution in [2.45, 2.75) is 6.04 Å². The minimum Gasteiger partial charge on any atom is -0.326 e. The predicted molar refractivity (Wildman–Crippen MR) is 34.4 cm³/mol. The van der Waals surface area contributed by atoms with Crippen LogP contribution in [0.2, 0.25) is 0 Å². The molecule has 1 fully saturated rings. The lowest BCUT2D eigenvalue weighted by atomic mass is 10.4. The molecule has 54 valence electrons. The Hall–Kier alpha value is -0.130. The summed E-state index contributed by atoms with van der Waals surface area (Å²) in [4.78, 5) is 0. The SMILES string of the molecule is CN1CC(N)CS1(=O)=O. The Balaban J connectivity index is 2.83. The molecule has 9 heavy (non-hydrogen) atoms. The minimum atomic E-state index is -2.97. The van der Waals surface area contributed by atoms with Crippen molar-refractivity contribution in [2.75, 3.05) is 19.3 Å². The molecule has 0 aromatic carbocycles. The number of likely N-dealkylation sites (N-methyl/N-ethyl adjacent to an activating group) is 1. The van der Waals surface area contributed by atoms with Gasteiger partial charge in [0.1, 0.15) is 0 Å². The van der Waals surface area contributed by atoms with Crippen LogP contribution >= 0.6 is 0 Å². The fourth-order valence-corrected chi connectivity index (χ4v) is 2.21. The Labute approximate surface area is 54.7 Å². The van der Waals surface area contributed by atoms with Gasteiger partial charge in [-0.15, -0.1) is 0 Å². The van der Waals surface area contributed by atoms with Gasteiger partial charge in [0.05, 0.1) is 5.75 Å². The lowest BCUT2D eigenvalue weighted by molar-refractivity contribution is 0.494. The first-order valence-electron chi connectivity index (χ1n) is 2.72. The topological polar surface area (TPSA) is 63.4 Å². The molecule has 0 aliphatic carbocycles. The maximum absolute atomic E-state index is 10.8. The van der Waals surface area contributed by atoms with E-state index >= 15 is 0 Å². The number of rotatable bonds is 0. The third-order valence-corrected chi connectivity index (χ3v) is 3.34. The zero-order chi connectivity index (χ0) is 7.07. The maximum atomic E-state index is 10.8. The van der Waals surface area contributed by atoms with Crippen molar-refractivity contribution in [1.29, 1.82) is 0 Å². The molecule has 2 N–H and O–H groups in total. The Bertz CT molecular complexity index is 199. The van der Waals surface area contributed by atoms with Gasteiger partial charge in [-0.2, -0.15) is 0 Å². The Morgan fingerprint density at radius 1 is 1.67 bits per heavy atom. The van der Waals surface area contributed by atoms with Crippen molar-refractivity contribution in [3.63, 3.8) is 0 Å². The van der Waals surface area contributed by atoms with Crippen LogP contribution in [-0.4, -0.2) is 38.1 Å². The average Bonchev–Trinajstić information content (AvgIpc) is 1.79. The van der Waals surface area contributed by atoms with E-state index in [4.69, 9.17) is 5.73 Å². The van der Waals surface area contributed by atoms with E-state index in [0.29, 0.717) is 6.54 Å².